The van der Waals surface area contributed by atoms with Crippen LogP contribution in [0.4, 0.5) is 0 Å². The van der Waals surface area contributed by atoms with Gasteiger partial charge in [0.25, 0.3) is 0 Å². The summed E-state index contributed by atoms with van der Waals surface area (Å²) >= 11 is 0. The van der Waals surface area contributed by atoms with Crippen molar-refractivity contribution in [2.75, 3.05) is 26.4 Å². The minimum Gasteiger partial charge on any atom is -0.507 e. The molecule has 0 unspecified atom stereocenters. The van der Waals surface area contributed by atoms with Gasteiger partial charge in [-0.25, -0.2) is 0 Å². The second-order valence-electron chi connectivity index (χ2n) is 9.20. The predicted molar refractivity (Wildman–Crippen MR) is 121 cm³/mol. The zero-order chi connectivity index (χ0) is 23.4. The molecule has 0 spiro atoms. The third kappa shape index (κ3) is 5.46. The van der Waals surface area contributed by atoms with Crippen LogP contribution in [0, 0.1) is 0 Å². The molecule has 0 heterocycles. The quantitative estimate of drug-likeness (QED) is 0.331. The molecular weight excluding hydrogens is 403 g/mol. The van der Waals surface area contributed by atoms with Gasteiger partial charge in [0.2, 0.25) is 0 Å². The van der Waals surface area contributed by atoms with Crippen molar-refractivity contribution in [3.63, 3.8) is 0 Å². The van der Waals surface area contributed by atoms with E-state index in [0.29, 0.717) is 16.7 Å². The van der Waals surface area contributed by atoms with E-state index in [1.165, 1.54) is 0 Å². The number of hydrogen-bond acceptors (Lipinski definition) is 6. The van der Waals surface area contributed by atoms with Crippen molar-refractivity contribution < 1.29 is 28.2 Å². The van der Waals surface area contributed by atoms with Crippen molar-refractivity contribution in [2.24, 2.45) is 0 Å². The summed E-state index contributed by atoms with van der Waals surface area (Å²) in [5, 5.41) is 11.1. The minimum absolute atomic E-state index is 0.176. The van der Waals surface area contributed by atoms with Gasteiger partial charge in [0.1, 0.15) is 5.75 Å². The van der Waals surface area contributed by atoms with Gasteiger partial charge >= 0.3 is 13.1 Å². The van der Waals surface area contributed by atoms with Crippen LogP contribution in [0.3, 0.4) is 0 Å². The van der Waals surface area contributed by atoms with Crippen LogP contribution in [0.25, 0.3) is 0 Å². The number of phenolic OH excluding ortho intramolecular Hbond substituents is 1. The van der Waals surface area contributed by atoms with Gasteiger partial charge in [-0.2, -0.15) is 0 Å². The summed E-state index contributed by atoms with van der Waals surface area (Å²) in [6.45, 7) is 20.1. The van der Waals surface area contributed by atoms with Crippen molar-refractivity contribution in [3.05, 3.63) is 28.8 Å². The number of phenols is 1. The monoisotopic (exact) mass is 444 g/mol. The maximum absolute atomic E-state index is 14.1. The first kappa shape index (κ1) is 27.1. The molecule has 0 aliphatic carbocycles. The summed E-state index contributed by atoms with van der Waals surface area (Å²) in [5.41, 5.74) is -0.529. The third-order valence-corrected chi connectivity index (χ3v) is 7.16. The van der Waals surface area contributed by atoms with Gasteiger partial charge in [-0.15, -0.1) is 0 Å². The van der Waals surface area contributed by atoms with Crippen LogP contribution in [0.2, 0.25) is 0 Å². The summed E-state index contributed by atoms with van der Waals surface area (Å²) < 4.78 is 37.6. The first-order chi connectivity index (χ1) is 13.7. The van der Waals surface area contributed by atoms with Crippen molar-refractivity contribution in [2.45, 2.75) is 85.6 Å². The van der Waals surface area contributed by atoms with Crippen molar-refractivity contribution >= 4 is 7.60 Å². The number of aromatic hydroxyl groups is 1. The van der Waals surface area contributed by atoms with E-state index < -0.39 is 13.1 Å². The van der Waals surface area contributed by atoms with Crippen molar-refractivity contribution in [1.29, 1.82) is 0 Å². The largest absolute Gasteiger partial charge is 0.507 e. The van der Waals surface area contributed by atoms with Crippen LogP contribution in [0.15, 0.2) is 12.1 Å². The highest BCUT2D eigenvalue weighted by Crippen LogP contribution is 2.66. The molecule has 1 N–H and O–H groups in total. The van der Waals surface area contributed by atoms with Gasteiger partial charge in [-0.3, -0.25) is 4.57 Å². The van der Waals surface area contributed by atoms with Crippen LogP contribution < -0.4 is 0 Å². The molecule has 0 fully saturated rings. The van der Waals surface area contributed by atoms with Crippen LogP contribution >= 0.6 is 7.60 Å². The molecule has 7 heteroatoms. The molecule has 0 aliphatic heterocycles. The molecule has 0 aromatic heterocycles. The average molecular weight is 445 g/mol. The molecule has 0 saturated carbocycles. The first-order valence-corrected chi connectivity index (χ1v) is 12.3. The maximum atomic E-state index is 14.1. The van der Waals surface area contributed by atoms with Crippen LogP contribution in [-0.4, -0.2) is 31.5 Å². The molecule has 0 saturated heterocycles. The molecule has 174 valence electrons. The molecule has 30 heavy (non-hydrogen) atoms. The highest BCUT2D eigenvalue weighted by Gasteiger charge is 2.56. The second kappa shape index (κ2) is 10.1. The Bertz CT molecular complexity index is 694. The molecule has 0 amide bonds. The maximum Gasteiger partial charge on any atom is 0.394 e. The van der Waals surface area contributed by atoms with E-state index in [1.807, 2.05) is 55.4 Å². The highest BCUT2D eigenvalue weighted by atomic mass is 31.2. The van der Waals surface area contributed by atoms with E-state index in [1.54, 1.807) is 26.0 Å². The topological polar surface area (TPSA) is 74.2 Å². The summed E-state index contributed by atoms with van der Waals surface area (Å²) in [6.07, 6.45) is 0. The smallest absolute Gasteiger partial charge is 0.394 e. The first-order valence-electron chi connectivity index (χ1n) is 10.8. The van der Waals surface area contributed by atoms with E-state index in [-0.39, 0.29) is 43.0 Å². The fourth-order valence-electron chi connectivity index (χ4n) is 3.42. The molecular formula is C23H41O6P. The molecule has 6 nitrogen and oxygen atoms in total. The molecule has 1 rings (SSSR count). The van der Waals surface area contributed by atoms with Gasteiger partial charge in [-0.05, 0) is 50.7 Å². The summed E-state index contributed by atoms with van der Waals surface area (Å²) in [6, 6.07) is 3.61. The fourth-order valence-corrected chi connectivity index (χ4v) is 5.54. The second-order valence-corrected chi connectivity index (χ2v) is 11.3. The number of ether oxygens (including phenoxy) is 2. The van der Waals surface area contributed by atoms with Crippen LogP contribution in [-0.2, 0) is 39.4 Å². The Balaban J connectivity index is 4.07. The lowest BCUT2D eigenvalue weighted by Gasteiger charge is -2.39. The Morgan fingerprint density at radius 3 is 1.40 bits per heavy atom. The fraction of sp³-hybridized carbons (Fsp3) is 0.739. The van der Waals surface area contributed by atoms with Gasteiger partial charge in [-0.1, -0.05) is 41.5 Å². The van der Waals surface area contributed by atoms with Gasteiger partial charge in [0.05, 0.1) is 13.2 Å². The molecule has 0 radical (unpaired) electrons. The van der Waals surface area contributed by atoms with Crippen molar-refractivity contribution in [1.82, 2.24) is 0 Å². The number of benzene rings is 1. The number of rotatable bonds is 10. The summed E-state index contributed by atoms with van der Waals surface area (Å²) in [4.78, 5) is 0. The Kier molecular flexibility index (Phi) is 9.17. The van der Waals surface area contributed by atoms with Crippen LogP contribution in [0.5, 0.6) is 5.75 Å². The van der Waals surface area contributed by atoms with Gasteiger partial charge in [0, 0.05) is 29.9 Å². The molecule has 0 atom stereocenters. The van der Waals surface area contributed by atoms with E-state index in [9.17, 15) is 9.67 Å². The van der Waals surface area contributed by atoms with Gasteiger partial charge < -0.3 is 23.6 Å². The molecule has 1 aromatic carbocycles. The van der Waals surface area contributed by atoms with Crippen molar-refractivity contribution in [3.8, 4) is 5.75 Å². The highest BCUT2D eigenvalue weighted by molar-refractivity contribution is 7.54. The Labute approximate surface area is 182 Å². The van der Waals surface area contributed by atoms with Crippen LogP contribution in [0.1, 0.15) is 85.9 Å². The average Bonchev–Trinajstić information content (AvgIpc) is 2.60. The Morgan fingerprint density at radius 2 is 1.13 bits per heavy atom. The van der Waals surface area contributed by atoms with Gasteiger partial charge in [0.15, 0.2) is 0 Å². The van der Waals surface area contributed by atoms with E-state index in [4.69, 9.17) is 18.5 Å². The lowest BCUT2D eigenvalue weighted by atomic mass is 9.78. The SMILES string of the molecule is CCOC(OCC)(c1cc(C(C)(C)C)c(O)c(C(C)(C)C)c1)P(=O)(OCC)OCC. The van der Waals surface area contributed by atoms with E-state index in [0.717, 1.165) is 0 Å². The van der Waals surface area contributed by atoms with E-state index in [2.05, 4.69) is 0 Å². The normalized spacial score (nSPS) is 13.7. The summed E-state index contributed by atoms with van der Waals surface area (Å²) in [5.74, 6) is 0.225. The lowest BCUT2D eigenvalue weighted by molar-refractivity contribution is -0.196. The zero-order valence-corrected chi connectivity index (χ0v) is 21.3. The third-order valence-electron chi connectivity index (χ3n) is 4.73. The standard InChI is InChI=1S/C23H41O6P/c1-11-26-23(27-12-2,30(25,28-13-3)29-14-4)17-15-18(21(5,6)7)20(24)19(16-17)22(8,9)10/h15-16,24H,11-14H2,1-10H3. The number of hydrogen-bond donors (Lipinski definition) is 1. The molecule has 0 aliphatic rings. The molecule has 1 aromatic rings. The molecule has 0 bridgehead atoms. The van der Waals surface area contributed by atoms with E-state index >= 15 is 0 Å². The summed E-state index contributed by atoms with van der Waals surface area (Å²) in [7, 11) is -3.90. The zero-order valence-electron chi connectivity index (χ0n) is 20.4. The Morgan fingerprint density at radius 1 is 0.767 bits per heavy atom. The Hall–Kier alpha value is -0.910. The predicted octanol–water partition coefficient (Wildman–Crippen LogP) is 6.44. The lowest BCUT2D eigenvalue weighted by Crippen LogP contribution is -2.36. The minimum atomic E-state index is -3.90.